The Morgan fingerprint density at radius 1 is 0.931 bits per heavy atom. The molecule has 1 atom stereocenters. The molecular formula is C24H21NO4. The Morgan fingerprint density at radius 2 is 1.62 bits per heavy atom. The second kappa shape index (κ2) is 8.19. The average molecular weight is 387 g/mol. The van der Waals surface area contributed by atoms with Crippen molar-refractivity contribution in [2.24, 2.45) is 0 Å². The van der Waals surface area contributed by atoms with Crippen LogP contribution in [0.4, 0.5) is 4.79 Å². The number of ether oxygens (including phenoxy) is 1. The summed E-state index contributed by atoms with van der Waals surface area (Å²) in [6, 6.07) is 24.1. The average Bonchev–Trinajstić information content (AvgIpc) is 3.09. The summed E-state index contributed by atoms with van der Waals surface area (Å²) in [4.78, 5) is 26.3. The highest BCUT2D eigenvalue weighted by molar-refractivity contribution is 5.94. The van der Waals surface area contributed by atoms with Gasteiger partial charge < -0.3 is 9.84 Å². The summed E-state index contributed by atoms with van der Waals surface area (Å²) in [6.45, 7) is 0.189. The zero-order valence-corrected chi connectivity index (χ0v) is 15.8. The van der Waals surface area contributed by atoms with Crippen molar-refractivity contribution in [2.45, 2.75) is 18.9 Å². The molecule has 0 spiro atoms. The van der Waals surface area contributed by atoms with Gasteiger partial charge in [-0.2, -0.15) is 0 Å². The summed E-state index contributed by atoms with van der Waals surface area (Å²) in [6.07, 6.45) is -0.0539. The number of rotatable bonds is 5. The Morgan fingerprint density at radius 3 is 2.34 bits per heavy atom. The quantitative estimate of drug-likeness (QED) is 0.713. The third-order valence-corrected chi connectivity index (χ3v) is 4.98. The fraction of sp³-hybridized carbons (Fsp3) is 0.167. The van der Waals surface area contributed by atoms with Gasteiger partial charge in [0.2, 0.25) is 5.91 Å². The third-order valence-electron chi connectivity index (χ3n) is 4.98. The first kappa shape index (κ1) is 18.7. The molecule has 1 aliphatic heterocycles. The number of phenolic OH excluding ortho intramolecular Hbond substituents is 1. The summed E-state index contributed by atoms with van der Waals surface area (Å²) in [5.41, 5.74) is 3.45. The lowest BCUT2D eigenvalue weighted by molar-refractivity contribution is -0.128. The molecule has 5 heteroatoms. The number of cyclic esters (lactones) is 1. The number of nitrogens with zero attached hydrogens (tertiary/aromatic N) is 1. The molecular weight excluding hydrogens is 366 g/mol. The summed E-state index contributed by atoms with van der Waals surface area (Å²) < 4.78 is 5.14. The minimum atomic E-state index is -0.612. The number of carbonyl (C=O) groups excluding carboxylic acids is 2. The summed E-state index contributed by atoms with van der Waals surface area (Å²) in [5, 5.41) is 10.1. The maximum atomic E-state index is 12.9. The molecule has 1 N–H and O–H groups in total. The topological polar surface area (TPSA) is 66.8 Å². The van der Waals surface area contributed by atoms with Crippen molar-refractivity contribution in [1.29, 1.82) is 0 Å². The molecule has 2 amide bonds. The summed E-state index contributed by atoms with van der Waals surface area (Å²) in [5.74, 6) is -0.253. The first-order valence-corrected chi connectivity index (χ1v) is 9.51. The van der Waals surface area contributed by atoms with E-state index in [2.05, 4.69) is 0 Å². The minimum absolute atomic E-state index is 0.00855. The van der Waals surface area contributed by atoms with Crippen LogP contribution in [0, 0.1) is 0 Å². The smallest absolute Gasteiger partial charge is 0.416 e. The van der Waals surface area contributed by atoms with E-state index in [1.165, 1.54) is 4.90 Å². The Labute approximate surface area is 169 Å². The highest BCUT2D eigenvalue weighted by Gasteiger charge is 2.37. The number of phenols is 1. The Balaban J connectivity index is 1.53. The van der Waals surface area contributed by atoms with Gasteiger partial charge in [0, 0.05) is 0 Å². The molecule has 4 rings (SSSR count). The van der Waals surface area contributed by atoms with Gasteiger partial charge in [0.1, 0.15) is 12.4 Å². The first-order valence-electron chi connectivity index (χ1n) is 9.51. The highest BCUT2D eigenvalue weighted by Crippen LogP contribution is 2.26. The van der Waals surface area contributed by atoms with Gasteiger partial charge in [-0.15, -0.1) is 0 Å². The van der Waals surface area contributed by atoms with Gasteiger partial charge in [-0.25, -0.2) is 9.69 Å². The molecule has 0 aromatic heterocycles. The molecule has 1 aliphatic rings. The van der Waals surface area contributed by atoms with E-state index < -0.39 is 6.09 Å². The zero-order chi connectivity index (χ0) is 20.2. The maximum Gasteiger partial charge on any atom is 0.416 e. The van der Waals surface area contributed by atoms with Crippen molar-refractivity contribution in [3.8, 4) is 16.9 Å². The van der Waals surface area contributed by atoms with Crippen molar-refractivity contribution < 1.29 is 19.4 Å². The second-order valence-electron chi connectivity index (χ2n) is 7.12. The minimum Gasteiger partial charge on any atom is -0.508 e. The number of hydrogen-bond acceptors (Lipinski definition) is 4. The van der Waals surface area contributed by atoms with E-state index >= 15 is 0 Å². The van der Waals surface area contributed by atoms with Gasteiger partial charge in [0.25, 0.3) is 0 Å². The molecule has 1 heterocycles. The van der Waals surface area contributed by atoms with Crippen LogP contribution in [0.3, 0.4) is 0 Å². The van der Waals surface area contributed by atoms with Gasteiger partial charge in [0.05, 0.1) is 12.5 Å². The van der Waals surface area contributed by atoms with Crippen molar-refractivity contribution in [2.75, 3.05) is 6.61 Å². The van der Waals surface area contributed by atoms with Crippen LogP contribution in [-0.2, 0) is 22.4 Å². The predicted molar refractivity (Wildman–Crippen MR) is 109 cm³/mol. The van der Waals surface area contributed by atoms with E-state index in [-0.39, 0.29) is 30.7 Å². The molecule has 29 heavy (non-hydrogen) atoms. The number of amides is 2. The van der Waals surface area contributed by atoms with Crippen LogP contribution in [0.15, 0.2) is 78.9 Å². The Bertz CT molecular complexity index is 1020. The molecule has 0 bridgehead atoms. The zero-order valence-electron chi connectivity index (χ0n) is 15.8. The number of carbonyl (C=O) groups is 2. The predicted octanol–water partition coefficient (Wildman–Crippen LogP) is 4.19. The monoisotopic (exact) mass is 387 g/mol. The molecule has 0 radical (unpaired) electrons. The lowest BCUT2D eigenvalue weighted by Crippen LogP contribution is -2.41. The fourth-order valence-electron chi connectivity index (χ4n) is 3.64. The lowest BCUT2D eigenvalue weighted by Gasteiger charge is -2.20. The fourth-order valence-corrected chi connectivity index (χ4v) is 3.64. The molecule has 5 nitrogen and oxygen atoms in total. The van der Waals surface area contributed by atoms with Gasteiger partial charge in [-0.3, -0.25) is 4.79 Å². The van der Waals surface area contributed by atoms with Crippen molar-refractivity contribution in [3.63, 3.8) is 0 Å². The van der Waals surface area contributed by atoms with Gasteiger partial charge >= 0.3 is 6.09 Å². The van der Waals surface area contributed by atoms with Crippen LogP contribution in [0.25, 0.3) is 11.1 Å². The van der Waals surface area contributed by atoms with Gasteiger partial charge in [-0.05, 0) is 40.8 Å². The van der Waals surface area contributed by atoms with Gasteiger partial charge in [-0.1, -0.05) is 66.7 Å². The van der Waals surface area contributed by atoms with E-state index in [1.54, 1.807) is 12.1 Å². The van der Waals surface area contributed by atoms with Crippen molar-refractivity contribution >= 4 is 12.0 Å². The largest absolute Gasteiger partial charge is 0.508 e. The van der Waals surface area contributed by atoms with Crippen LogP contribution in [0.2, 0.25) is 0 Å². The number of hydrogen-bond donors (Lipinski definition) is 1. The molecule has 3 aromatic rings. The van der Waals surface area contributed by atoms with E-state index in [0.29, 0.717) is 12.0 Å². The second-order valence-corrected chi connectivity index (χ2v) is 7.12. The Hall–Kier alpha value is -3.60. The molecule has 3 aromatic carbocycles. The first-order chi connectivity index (χ1) is 14.1. The Kier molecular flexibility index (Phi) is 5.29. The van der Waals surface area contributed by atoms with Crippen LogP contribution < -0.4 is 0 Å². The standard InChI is InChI=1S/C24H21NO4/c26-22-13-18(11-20(15-22)19-9-5-2-6-10-19)14-23(27)25-21(16-29-24(25)28)12-17-7-3-1-4-8-17/h1-11,13,15,21,26H,12,14,16H2/t21-/m0/s1. The number of aromatic hydroxyl groups is 1. The van der Waals surface area contributed by atoms with Crippen LogP contribution in [0.1, 0.15) is 11.1 Å². The van der Waals surface area contributed by atoms with Gasteiger partial charge in [0.15, 0.2) is 0 Å². The van der Waals surface area contributed by atoms with Crippen molar-refractivity contribution in [1.82, 2.24) is 4.90 Å². The summed E-state index contributed by atoms with van der Waals surface area (Å²) in [7, 11) is 0. The summed E-state index contributed by atoms with van der Waals surface area (Å²) >= 11 is 0. The van der Waals surface area contributed by atoms with E-state index in [0.717, 1.165) is 16.7 Å². The molecule has 0 aliphatic carbocycles. The number of benzene rings is 3. The van der Waals surface area contributed by atoms with Crippen LogP contribution in [-0.4, -0.2) is 34.7 Å². The maximum absolute atomic E-state index is 12.9. The molecule has 1 fully saturated rings. The van der Waals surface area contributed by atoms with E-state index in [9.17, 15) is 14.7 Å². The van der Waals surface area contributed by atoms with Crippen molar-refractivity contribution in [3.05, 3.63) is 90.0 Å². The molecule has 146 valence electrons. The lowest BCUT2D eigenvalue weighted by atomic mass is 10.0. The number of imide groups is 1. The molecule has 1 saturated heterocycles. The van der Waals surface area contributed by atoms with Crippen LogP contribution in [0.5, 0.6) is 5.75 Å². The molecule has 0 unspecified atom stereocenters. The van der Waals surface area contributed by atoms with E-state index in [1.807, 2.05) is 66.7 Å². The SMILES string of the molecule is O=C(Cc1cc(O)cc(-c2ccccc2)c1)N1C(=O)OC[C@@H]1Cc1ccccc1. The highest BCUT2D eigenvalue weighted by atomic mass is 16.6. The third kappa shape index (κ3) is 4.29. The molecule has 0 saturated carbocycles. The van der Waals surface area contributed by atoms with E-state index in [4.69, 9.17) is 4.74 Å². The normalized spacial score (nSPS) is 15.9. The van der Waals surface area contributed by atoms with Crippen LogP contribution >= 0.6 is 0 Å².